The SMILES string of the molecule is COc1ccc(C(=O)c2c(C)nn3ccccc23)cc1. The summed E-state index contributed by atoms with van der Waals surface area (Å²) in [5, 5.41) is 4.36. The summed E-state index contributed by atoms with van der Waals surface area (Å²) in [5.74, 6) is 0.712. The minimum atomic E-state index is -0.0219. The Hall–Kier alpha value is -2.62. The first-order valence-corrected chi connectivity index (χ1v) is 6.33. The van der Waals surface area contributed by atoms with Crippen molar-refractivity contribution in [1.29, 1.82) is 0 Å². The largest absolute Gasteiger partial charge is 0.497 e. The van der Waals surface area contributed by atoms with Crippen molar-refractivity contribution in [1.82, 2.24) is 9.61 Å². The number of aromatic nitrogens is 2. The van der Waals surface area contributed by atoms with Crippen molar-refractivity contribution in [2.24, 2.45) is 0 Å². The molecular formula is C16H14N2O2. The molecule has 0 N–H and O–H groups in total. The number of nitrogens with zero attached hydrogens (tertiary/aromatic N) is 2. The lowest BCUT2D eigenvalue weighted by Crippen LogP contribution is -2.02. The highest BCUT2D eigenvalue weighted by molar-refractivity contribution is 6.13. The monoisotopic (exact) mass is 266 g/mol. The summed E-state index contributed by atoms with van der Waals surface area (Å²) < 4.78 is 6.83. The van der Waals surface area contributed by atoms with E-state index in [0.717, 1.165) is 17.0 Å². The fraction of sp³-hybridized carbons (Fsp3) is 0.125. The van der Waals surface area contributed by atoms with Crippen LogP contribution < -0.4 is 4.74 Å². The number of pyridine rings is 1. The summed E-state index contributed by atoms with van der Waals surface area (Å²) >= 11 is 0. The minimum Gasteiger partial charge on any atom is -0.497 e. The Kier molecular flexibility index (Phi) is 2.99. The van der Waals surface area contributed by atoms with Crippen LogP contribution in [0.25, 0.3) is 5.52 Å². The van der Waals surface area contributed by atoms with E-state index in [9.17, 15) is 4.79 Å². The van der Waals surface area contributed by atoms with Crippen LogP contribution in [0.15, 0.2) is 48.7 Å². The predicted molar refractivity (Wildman–Crippen MR) is 76.4 cm³/mol. The Morgan fingerprint density at radius 3 is 2.60 bits per heavy atom. The molecule has 4 nitrogen and oxygen atoms in total. The molecule has 0 aliphatic heterocycles. The molecule has 3 rings (SSSR count). The second kappa shape index (κ2) is 4.81. The number of carbonyl (C=O) groups is 1. The number of hydrogen-bond donors (Lipinski definition) is 0. The fourth-order valence-corrected chi connectivity index (χ4v) is 2.28. The number of rotatable bonds is 3. The van der Waals surface area contributed by atoms with Gasteiger partial charge in [0.15, 0.2) is 5.78 Å². The topological polar surface area (TPSA) is 43.6 Å². The second-order valence-corrected chi connectivity index (χ2v) is 4.55. The molecule has 100 valence electrons. The molecule has 0 aliphatic rings. The lowest BCUT2D eigenvalue weighted by molar-refractivity contribution is 0.103. The number of carbonyl (C=O) groups excluding carboxylic acids is 1. The summed E-state index contributed by atoms with van der Waals surface area (Å²) in [6, 6.07) is 12.8. The van der Waals surface area contributed by atoms with Crippen LogP contribution in [-0.4, -0.2) is 22.5 Å². The normalized spacial score (nSPS) is 10.7. The van der Waals surface area contributed by atoms with Gasteiger partial charge in [-0.3, -0.25) is 4.79 Å². The van der Waals surface area contributed by atoms with Gasteiger partial charge in [-0.2, -0.15) is 5.10 Å². The number of aryl methyl sites for hydroxylation is 1. The zero-order valence-corrected chi connectivity index (χ0v) is 11.3. The molecule has 2 heterocycles. The average molecular weight is 266 g/mol. The Morgan fingerprint density at radius 2 is 1.90 bits per heavy atom. The highest BCUT2D eigenvalue weighted by Crippen LogP contribution is 2.20. The van der Waals surface area contributed by atoms with Crippen molar-refractivity contribution >= 4 is 11.3 Å². The summed E-state index contributed by atoms with van der Waals surface area (Å²) in [6.45, 7) is 1.85. The van der Waals surface area contributed by atoms with Gasteiger partial charge in [-0.25, -0.2) is 4.52 Å². The van der Waals surface area contributed by atoms with E-state index in [-0.39, 0.29) is 5.78 Å². The molecule has 0 bridgehead atoms. The molecule has 1 aromatic carbocycles. The summed E-state index contributed by atoms with van der Waals surface area (Å²) in [6.07, 6.45) is 1.84. The van der Waals surface area contributed by atoms with E-state index >= 15 is 0 Å². The molecule has 0 fully saturated rings. The smallest absolute Gasteiger partial charge is 0.197 e. The summed E-state index contributed by atoms with van der Waals surface area (Å²) in [4.78, 5) is 12.6. The molecule has 0 unspecified atom stereocenters. The van der Waals surface area contributed by atoms with Gasteiger partial charge in [0.05, 0.1) is 23.9 Å². The van der Waals surface area contributed by atoms with Crippen molar-refractivity contribution in [2.75, 3.05) is 7.11 Å². The first-order valence-electron chi connectivity index (χ1n) is 6.33. The van der Waals surface area contributed by atoms with Crippen LogP contribution in [0.5, 0.6) is 5.75 Å². The number of methoxy groups -OCH3 is 1. The number of ether oxygens (including phenoxy) is 1. The van der Waals surface area contributed by atoms with Crippen molar-refractivity contribution in [3.63, 3.8) is 0 Å². The Bertz CT molecular complexity index is 773. The van der Waals surface area contributed by atoms with Crippen LogP contribution in [-0.2, 0) is 0 Å². The highest BCUT2D eigenvalue weighted by Gasteiger charge is 2.18. The maximum absolute atomic E-state index is 12.6. The zero-order chi connectivity index (χ0) is 14.1. The molecule has 3 aromatic rings. The van der Waals surface area contributed by atoms with E-state index < -0.39 is 0 Å². The number of fused-ring (bicyclic) bond motifs is 1. The van der Waals surface area contributed by atoms with Crippen LogP contribution >= 0.6 is 0 Å². The first kappa shape index (κ1) is 12.4. The Labute approximate surface area is 116 Å². The Morgan fingerprint density at radius 1 is 1.15 bits per heavy atom. The van der Waals surface area contributed by atoms with Gasteiger partial charge in [0.2, 0.25) is 0 Å². The van der Waals surface area contributed by atoms with E-state index in [0.29, 0.717) is 11.1 Å². The predicted octanol–water partition coefficient (Wildman–Crippen LogP) is 2.88. The molecule has 20 heavy (non-hydrogen) atoms. The van der Waals surface area contributed by atoms with Crippen LogP contribution in [0.3, 0.4) is 0 Å². The minimum absolute atomic E-state index is 0.0219. The summed E-state index contributed by atoms with van der Waals surface area (Å²) in [5.41, 5.74) is 2.84. The van der Waals surface area contributed by atoms with E-state index in [2.05, 4.69) is 5.10 Å². The second-order valence-electron chi connectivity index (χ2n) is 4.55. The van der Waals surface area contributed by atoms with Crippen molar-refractivity contribution in [3.05, 3.63) is 65.5 Å². The van der Waals surface area contributed by atoms with Gasteiger partial charge in [0.1, 0.15) is 5.75 Å². The third kappa shape index (κ3) is 1.95. The van der Waals surface area contributed by atoms with Crippen molar-refractivity contribution in [2.45, 2.75) is 6.92 Å². The van der Waals surface area contributed by atoms with Crippen LogP contribution in [0.1, 0.15) is 21.6 Å². The lowest BCUT2D eigenvalue weighted by Gasteiger charge is -2.03. The molecular weight excluding hydrogens is 252 g/mol. The molecule has 2 aromatic heterocycles. The van der Waals surface area contributed by atoms with Crippen molar-refractivity contribution in [3.8, 4) is 5.75 Å². The third-order valence-electron chi connectivity index (χ3n) is 3.29. The number of ketones is 1. The number of hydrogen-bond acceptors (Lipinski definition) is 3. The molecule has 0 radical (unpaired) electrons. The fourth-order valence-electron chi connectivity index (χ4n) is 2.28. The van der Waals surface area contributed by atoms with Gasteiger partial charge in [-0.15, -0.1) is 0 Å². The molecule has 0 saturated carbocycles. The van der Waals surface area contributed by atoms with E-state index in [1.165, 1.54) is 0 Å². The lowest BCUT2D eigenvalue weighted by atomic mass is 10.0. The van der Waals surface area contributed by atoms with Crippen LogP contribution in [0.4, 0.5) is 0 Å². The summed E-state index contributed by atoms with van der Waals surface area (Å²) in [7, 11) is 1.60. The quantitative estimate of drug-likeness (QED) is 0.685. The standard InChI is InChI=1S/C16H14N2O2/c1-11-15(14-5-3-4-10-18(14)17-11)16(19)12-6-8-13(20-2)9-7-12/h3-10H,1-2H3. The average Bonchev–Trinajstić information content (AvgIpc) is 2.82. The van der Waals surface area contributed by atoms with Crippen molar-refractivity contribution < 1.29 is 9.53 Å². The van der Waals surface area contributed by atoms with Gasteiger partial charge in [0, 0.05) is 11.8 Å². The number of benzene rings is 1. The molecule has 0 amide bonds. The van der Waals surface area contributed by atoms with Crippen LogP contribution in [0.2, 0.25) is 0 Å². The third-order valence-corrected chi connectivity index (χ3v) is 3.29. The van der Waals surface area contributed by atoms with Gasteiger partial charge in [-0.05, 0) is 43.3 Å². The van der Waals surface area contributed by atoms with Gasteiger partial charge < -0.3 is 4.74 Å². The first-order chi connectivity index (χ1) is 9.70. The van der Waals surface area contributed by atoms with E-state index in [4.69, 9.17) is 4.74 Å². The van der Waals surface area contributed by atoms with E-state index in [1.807, 2.05) is 31.3 Å². The molecule has 0 spiro atoms. The maximum Gasteiger partial charge on any atom is 0.197 e. The molecule has 4 heteroatoms. The van der Waals surface area contributed by atoms with Gasteiger partial charge in [-0.1, -0.05) is 6.07 Å². The zero-order valence-electron chi connectivity index (χ0n) is 11.3. The molecule has 0 saturated heterocycles. The van der Waals surface area contributed by atoms with E-state index in [1.54, 1.807) is 35.9 Å². The highest BCUT2D eigenvalue weighted by atomic mass is 16.5. The Balaban J connectivity index is 2.09. The molecule has 0 atom stereocenters. The van der Waals surface area contributed by atoms with Crippen LogP contribution in [0, 0.1) is 6.92 Å². The molecule has 0 aliphatic carbocycles. The van der Waals surface area contributed by atoms with Gasteiger partial charge in [0.25, 0.3) is 0 Å². The van der Waals surface area contributed by atoms with Gasteiger partial charge >= 0.3 is 0 Å². The maximum atomic E-state index is 12.6.